The maximum absolute atomic E-state index is 12.7. The van der Waals surface area contributed by atoms with Crippen molar-refractivity contribution in [3.05, 3.63) is 42.0 Å². The molecule has 2 saturated heterocycles. The van der Waals surface area contributed by atoms with Crippen molar-refractivity contribution in [1.82, 2.24) is 0 Å². The van der Waals surface area contributed by atoms with Gasteiger partial charge in [-0.2, -0.15) is 5.26 Å². The number of amides is 2. The average molecular weight is 296 g/mol. The fourth-order valence-corrected chi connectivity index (χ4v) is 3.62. The van der Waals surface area contributed by atoms with Crippen LogP contribution in [0.15, 0.2) is 36.4 Å². The van der Waals surface area contributed by atoms with E-state index >= 15 is 0 Å². The van der Waals surface area contributed by atoms with E-state index in [0.29, 0.717) is 11.3 Å². The molecule has 3 aliphatic rings. The summed E-state index contributed by atoms with van der Waals surface area (Å²) in [5, 5.41) is 18.4. The number of rotatable bonds is 2. The van der Waals surface area contributed by atoms with Gasteiger partial charge in [0.25, 0.3) is 0 Å². The number of ether oxygens (including phenoxy) is 1. The minimum Gasteiger partial charge on any atom is -0.393 e. The standard InChI is InChI=1S/C16H12N2O4/c17-7-9-1-3-10(4-2-9)18-14(20)12-11-5-6-16(8-19,22-11)13(12)15(18)21/h1-6,11-13,19H,8H2/t11-,12-,13+,16-/m1/s1. The summed E-state index contributed by atoms with van der Waals surface area (Å²) >= 11 is 0. The van der Waals surface area contributed by atoms with Crippen LogP contribution in [0.4, 0.5) is 5.69 Å². The first-order chi connectivity index (χ1) is 10.6. The van der Waals surface area contributed by atoms with E-state index in [9.17, 15) is 14.7 Å². The van der Waals surface area contributed by atoms with Crippen LogP contribution < -0.4 is 4.90 Å². The molecule has 4 atom stereocenters. The number of fused-ring (bicyclic) bond motifs is 5. The largest absolute Gasteiger partial charge is 0.393 e. The number of aliphatic hydroxyl groups is 1. The highest BCUT2D eigenvalue weighted by Gasteiger charge is 2.67. The normalized spacial score (nSPS) is 35.1. The zero-order chi connectivity index (χ0) is 15.5. The Hall–Kier alpha value is -2.49. The first kappa shape index (κ1) is 13.2. The molecule has 1 N–H and O–H groups in total. The molecule has 1 aromatic rings. The fraction of sp³-hybridized carbons (Fsp3) is 0.312. The maximum Gasteiger partial charge on any atom is 0.241 e. The van der Waals surface area contributed by atoms with Gasteiger partial charge in [0.1, 0.15) is 5.60 Å². The molecule has 0 spiro atoms. The first-order valence-corrected chi connectivity index (χ1v) is 6.97. The van der Waals surface area contributed by atoms with Gasteiger partial charge >= 0.3 is 0 Å². The zero-order valence-electron chi connectivity index (χ0n) is 11.5. The third kappa shape index (κ3) is 1.44. The van der Waals surface area contributed by atoms with Crippen LogP contribution in [0, 0.1) is 23.2 Å². The van der Waals surface area contributed by atoms with E-state index in [1.807, 2.05) is 6.07 Å². The van der Waals surface area contributed by atoms with Gasteiger partial charge in [-0.15, -0.1) is 0 Å². The van der Waals surface area contributed by atoms with Crippen molar-refractivity contribution >= 4 is 17.5 Å². The number of imide groups is 1. The molecule has 0 radical (unpaired) electrons. The van der Waals surface area contributed by atoms with E-state index in [0.717, 1.165) is 4.90 Å². The molecular weight excluding hydrogens is 284 g/mol. The molecule has 1 aromatic carbocycles. The second-order valence-electron chi connectivity index (χ2n) is 5.73. The second-order valence-corrected chi connectivity index (χ2v) is 5.73. The van der Waals surface area contributed by atoms with Crippen molar-refractivity contribution in [2.45, 2.75) is 11.7 Å². The number of anilines is 1. The summed E-state index contributed by atoms with van der Waals surface area (Å²) in [7, 11) is 0. The van der Waals surface area contributed by atoms with Crippen LogP contribution in [0.2, 0.25) is 0 Å². The number of benzene rings is 1. The molecular formula is C16H12N2O4. The van der Waals surface area contributed by atoms with E-state index in [1.165, 1.54) is 0 Å². The quantitative estimate of drug-likeness (QED) is 0.628. The van der Waals surface area contributed by atoms with Gasteiger partial charge in [0.05, 0.1) is 41.9 Å². The predicted molar refractivity (Wildman–Crippen MR) is 74.5 cm³/mol. The number of hydrogen-bond donors (Lipinski definition) is 1. The summed E-state index contributed by atoms with van der Waals surface area (Å²) in [6.07, 6.45) is 2.97. The smallest absolute Gasteiger partial charge is 0.241 e. The SMILES string of the molecule is N#Cc1ccc(N2C(=O)[C@H]3[C@@H](C2=O)[C@]2(CO)C=C[C@H]3O2)cc1. The third-order valence-corrected chi connectivity index (χ3v) is 4.66. The van der Waals surface area contributed by atoms with Crippen molar-refractivity contribution in [2.75, 3.05) is 11.5 Å². The van der Waals surface area contributed by atoms with Crippen LogP contribution in [-0.4, -0.2) is 35.2 Å². The Balaban J connectivity index is 1.74. The molecule has 6 nitrogen and oxygen atoms in total. The van der Waals surface area contributed by atoms with E-state index in [1.54, 1.807) is 36.4 Å². The minimum atomic E-state index is -1.08. The molecule has 0 aliphatic carbocycles. The lowest BCUT2D eigenvalue weighted by atomic mass is 9.77. The number of aliphatic hydroxyl groups excluding tert-OH is 1. The van der Waals surface area contributed by atoms with Crippen molar-refractivity contribution in [2.24, 2.45) is 11.8 Å². The number of hydrogen-bond acceptors (Lipinski definition) is 5. The van der Waals surface area contributed by atoms with Gasteiger partial charge in [-0.05, 0) is 24.3 Å². The third-order valence-electron chi connectivity index (χ3n) is 4.66. The van der Waals surface area contributed by atoms with E-state index in [4.69, 9.17) is 10.00 Å². The minimum absolute atomic E-state index is 0.315. The van der Waals surface area contributed by atoms with Gasteiger partial charge in [0, 0.05) is 0 Å². The van der Waals surface area contributed by atoms with Gasteiger partial charge in [-0.3, -0.25) is 9.59 Å². The second kappa shape index (κ2) is 4.26. The van der Waals surface area contributed by atoms with Gasteiger partial charge in [-0.25, -0.2) is 4.90 Å². The fourth-order valence-electron chi connectivity index (χ4n) is 3.62. The summed E-state index contributed by atoms with van der Waals surface area (Å²) in [5.41, 5.74) is -0.181. The molecule has 0 aromatic heterocycles. The number of carbonyl (C=O) groups excluding carboxylic acids is 2. The van der Waals surface area contributed by atoms with Gasteiger partial charge < -0.3 is 9.84 Å². The maximum atomic E-state index is 12.7. The molecule has 3 aliphatic heterocycles. The molecule has 2 fully saturated rings. The lowest BCUT2D eigenvalue weighted by molar-refractivity contribution is -0.128. The highest BCUT2D eigenvalue weighted by Crippen LogP contribution is 2.52. The van der Waals surface area contributed by atoms with Crippen LogP contribution in [0.1, 0.15) is 5.56 Å². The van der Waals surface area contributed by atoms with Crippen LogP contribution in [0.25, 0.3) is 0 Å². The molecule has 22 heavy (non-hydrogen) atoms. The van der Waals surface area contributed by atoms with Crippen LogP contribution in [-0.2, 0) is 14.3 Å². The molecule has 2 amide bonds. The lowest BCUT2D eigenvalue weighted by Crippen LogP contribution is -2.43. The van der Waals surface area contributed by atoms with Crippen LogP contribution in [0.5, 0.6) is 0 Å². The highest BCUT2D eigenvalue weighted by molar-refractivity contribution is 6.23. The lowest BCUT2D eigenvalue weighted by Gasteiger charge is -2.26. The monoisotopic (exact) mass is 296 g/mol. The Morgan fingerprint density at radius 2 is 2.00 bits per heavy atom. The van der Waals surface area contributed by atoms with E-state index in [-0.39, 0.29) is 18.4 Å². The van der Waals surface area contributed by atoms with Crippen molar-refractivity contribution in [3.8, 4) is 6.07 Å². The average Bonchev–Trinajstić information content (AvgIpc) is 3.19. The summed E-state index contributed by atoms with van der Waals surface area (Å²) < 4.78 is 5.67. The number of carbonyl (C=O) groups is 2. The number of nitrogens with zero attached hydrogens (tertiary/aromatic N) is 2. The Kier molecular flexibility index (Phi) is 2.55. The summed E-state index contributed by atoms with van der Waals surface area (Å²) in [5.74, 6) is -1.94. The Bertz CT molecular complexity index is 748. The van der Waals surface area contributed by atoms with Crippen molar-refractivity contribution < 1.29 is 19.4 Å². The molecule has 4 rings (SSSR count). The molecule has 0 saturated carbocycles. The molecule has 2 bridgehead atoms. The first-order valence-electron chi connectivity index (χ1n) is 6.97. The number of nitriles is 1. The molecule has 6 heteroatoms. The van der Waals surface area contributed by atoms with Crippen LogP contribution >= 0.6 is 0 Å². The summed E-state index contributed by atoms with van der Waals surface area (Å²) in [4.78, 5) is 26.5. The van der Waals surface area contributed by atoms with Crippen molar-refractivity contribution in [3.63, 3.8) is 0 Å². The molecule has 110 valence electrons. The Morgan fingerprint density at radius 3 is 2.64 bits per heavy atom. The highest BCUT2D eigenvalue weighted by atomic mass is 16.5. The summed E-state index contributed by atoms with van der Waals surface area (Å²) in [6.45, 7) is -0.332. The topological polar surface area (TPSA) is 90.6 Å². The Morgan fingerprint density at radius 1 is 1.27 bits per heavy atom. The zero-order valence-corrected chi connectivity index (χ0v) is 11.5. The Labute approximate surface area is 126 Å². The van der Waals surface area contributed by atoms with Gasteiger partial charge in [0.15, 0.2) is 0 Å². The predicted octanol–water partition coefficient (Wildman–Crippen LogP) is 0.364. The molecule has 3 heterocycles. The molecule has 0 unspecified atom stereocenters. The summed E-state index contributed by atoms with van der Waals surface area (Å²) in [6, 6.07) is 8.29. The van der Waals surface area contributed by atoms with Gasteiger partial charge in [-0.1, -0.05) is 12.2 Å². The van der Waals surface area contributed by atoms with E-state index in [2.05, 4.69) is 0 Å². The van der Waals surface area contributed by atoms with Crippen LogP contribution in [0.3, 0.4) is 0 Å². The van der Waals surface area contributed by atoms with E-state index < -0.39 is 23.5 Å². The van der Waals surface area contributed by atoms with Crippen molar-refractivity contribution in [1.29, 1.82) is 5.26 Å². The van der Waals surface area contributed by atoms with Gasteiger partial charge in [0.2, 0.25) is 11.8 Å².